The van der Waals surface area contributed by atoms with Crippen molar-refractivity contribution >= 4 is 22.1 Å². The fourth-order valence-corrected chi connectivity index (χ4v) is 4.98. The van der Waals surface area contributed by atoms with E-state index in [1.165, 1.54) is 0 Å². The predicted molar refractivity (Wildman–Crippen MR) is 89.2 cm³/mol. The molecule has 7 nitrogen and oxygen atoms in total. The van der Waals surface area contributed by atoms with Gasteiger partial charge in [0.05, 0.1) is 24.4 Å². The highest BCUT2D eigenvalue weighted by molar-refractivity contribution is 7.91. The summed E-state index contributed by atoms with van der Waals surface area (Å²) in [6.45, 7) is 3.15. The second-order valence-corrected chi connectivity index (χ2v) is 8.38. The summed E-state index contributed by atoms with van der Waals surface area (Å²) in [5.74, 6) is 1.82. The highest BCUT2D eigenvalue weighted by Gasteiger charge is 2.31. The maximum absolute atomic E-state index is 11.6. The quantitative estimate of drug-likeness (QED) is 0.760. The molecule has 1 aliphatic heterocycles. The minimum atomic E-state index is -2.90. The van der Waals surface area contributed by atoms with Gasteiger partial charge in [0.2, 0.25) is 0 Å². The van der Waals surface area contributed by atoms with Crippen LogP contribution in [0.4, 0.5) is 0 Å². The fraction of sp³-hybridized carbons (Fsp3) is 0.571. The van der Waals surface area contributed by atoms with Gasteiger partial charge in [-0.25, -0.2) is 13.1 Å². The van der Waals surface area contributed by atoms with Crippen LogP contribution in [0.15, 0.2) is 22.8 Å². The third-order valence-corrected chi connectivity index (χ3v) is 6.35. The Bertz CT molecular complexity index is 836. The van der Waals surface area contributed by atoms with Crippen LogP contribution in [0.1, 0.15) is 13.3 Å². The van der Waals surface area contributed by atoms with E-state index in [9.17, 15) is 8.42 Å². The van der Waals surface area contributed by atoms with Crippen molar-refractivity contribution in [3.8, 4) is 11.6 Å². The number of sulfone groups is 1. The van der Waals surface area contributed by atoms with Gasteiger partial charge < -0.3 is 4.42 Å². The van der Waals surface area contributed by atoms with Crippen LogP contribution in [-0.2, 0) is 23.1 Å². The van der Waals surface area contributed by atoms with Crippen molar-refractivity contribution in [1.29, 1.82) is 0 Å². The van der Waals surface area contributed by atoms with Crippen LogP contribution in [-0.4, -0.2) is 52.3 Å². The van der Waals surface area contributed by atoms with Crippen LogP contribution >= 0.6 is 12.2 Å². The highest BCUT2D eigenvalue weighted by atomic mass is 32.2. The van der Waals surface area contributed by atoms with Gasteiger partial charge in [0.25, 0.3) is 0 Å². The summed E-state index contributed by atoms with van der Waals surface area (Å²) in [5, 5.41) is 4.56. The van der Waals surface area contributed by atoms with E-state index in [4.69, 9.17) is 16.6 Å². The van der Waals surface area contributed by atoms with Crippen molar-refractivity contribution in [2.75, 3.05) is 18.6 Å². The summed E-state index contributed by atoms with van der Waals surface area (Å²) in [7, 11) is -0.996. The molecule has 0 bridgehead atoms. The molecule has 1 atom stereocenters. The lowest BCUT2D eigenvalue weighted by Gasteiger charge is -2.22. The van der Waals surface area contributed by atoms with Crippen LogP contribution < -0.4 is 0 Å². The number of aromatic nitrogens is 3. The lowest BCUT2D eigenvalue weighted by Crippen LogP contribution is -2.34. The van der Waals surface area contributed by atoms with Crippen LogP contribution in [0.2, 0.25) is 0 Å². The largest absolute Gasteiger partial charge is 0.461 e. The zero-order valence-corrected chi connectivity index (χ0v) is 14.8. The van der Waals surface area contributed by atoms with Crippen LogP contribution in [0, 0.1) is 4.77 Å². The summed E-state index contributed by atoms with van der Waals surface area (Å²) in [4.78, 5) is 2.00. The summed E-state index contributed by atoms with van der Waals surface area (Å²) in [6.07, 6.45) is 2.26. The number of rotatable bonds is 5. The normalized spacial score (nSPS) is 20.4. The first-order valence-corrected chi connectivity index (χ1v) is 9.76. The third kappa shape index (κ3) is 3.26. The predicted octanol–water partition coefficient (Wildman–Crippen LogP) is 1.77. The maximum Gasteiger partial charge on any atom is 0.199 e. The minimum Gasteiger partial charge on any atom is -0.461 e. The van der Waals surface area contributed by atoms with Crippen molar-refractivity contribution in [3.63, 3.8) is 0 Å². The van der Waals surface area contributed by atoms with E-state index in [1.54, 1.807) is 10.9 Å². The van der Waals surface area contributed by atoms with Gasteiger partial charge in [-0.2, -0.15) is 0 Å². The molecular weight excluding hydrogens is 336 g/mol. The smallest absolute Gasteiger partial charge is 0.199 e. The Morgan fingerprint density at radius 1 is 1.52 bits per heavy atom. The van der Waals surface area contributed by atoms with Gasteiger partial charge in [-0.3, -0.25) is 9.47 Å². The topological polar surface area (TPSA) is 73.3 Å². The van der Waals surface area contributed by atoms with E-state index in [2.05, 4.69) is 5.10 Å². The number of nitrogens with zero attached hydrogens (tertiary/aromatic N) is 4. The lowest BCUT2D eigenvalue weighted by molar-refractivity contribution is 0.196. The molecule has 126 valence electrons. The Hall–Kier alpha value is -1.45. The van der Waals surface area contributed by atoms with E-state index in [0.717, 1.165) is 0 Å². The van der Waals surface area contributed by atoms with E-state index in [1.807, 2.05) is 35.6 Å². The minimum absolute atomic E-state index is 0.0146. The molecule has 1 fully saturated rings. The van der Waals surface area contributed by atoms with Gasteiger partial charge in [-0.05, 0) is 44.7 Å². The molecule has 3 heterocycles. The molecule has 2 aromatic rings. The Morgan fingerprint density at radius 2 is 2.30 bits per heavy atom. The molecule has 1 unspecified atom stereocenters. The Morgan fingerprint density at radius 3 is 2.87 bits per heavy atom. The molecule has 0 N–H and O–H groups in total. The summed E-state index contributed by atoms with van der Waals surface area (Å²) < 4.78 is 32.9. The maximum atomic E-state index is 11.6. The molecule has 0 aromatic carbocycles. The molecule has 0 radical (unpaired) electrons. The van der Waals surface area contributed by atoms with Gasteiger partial charge in [-0.15, -0.1) is 5.10 Å². The number of hydrogen-bond donors (Lipinski definition) is 0. The van der Waals surface area contributed by atoms with Crippen LogP contribution in [0.3, 0.4) is 0 Å². The number of furan rings is 1. The third-order valence-electron chi connectivity index (χ3n) is 4.17. The van der Waals surface area contributed by atoms with Crippen molar-refractivity contribution in [2.24, 2.45) is 0 Å². The first kappa shape index (κ1) is 16.4. The van der Waals surface area contributed by atoms with Crippen LogP contribution in [0.25, 0.3) is 11.6 Å². The van der Waals surface area contributed by atoms with E-state index in [0.29, 0.717) is 36.0 Å². The second-order valence-electron chi connectivity index (χ2n) is 5.78. The molecule has 23 heavy (non-hydrogen) atoms. The Kier molecular flexibility index (Phi) is 4.43. The standard InChI is InChI=1S/C14H20N4O3S2/c1-3-17-13(12-5-4-7-21-12)15-18(14(17)22)10-16(2)11-6-8-23(19,20)9-11/h4-5,7,11H,3,6,8-10H2,1-2H3. The van der Waals surface area contributed by atoms with Gasteiger partial charge in [-0.1, -0.05) is 0 Å². The highest BCUT2D eigenvalue weighted by Crippen LogP contribution is 2.20. The van der Waals surface area contributed by atoms with E-state index in [-0.39, 0.29) is 17.5 Å². The average Bonchev–Trinajstić information content (AvgIpc) is 3.19. The molecule has 2 aromatic heterocycles. The summed E-state index contributed by atoms with van der Waals surface area (Å²) in [5.41, 5.74) is 0. The van der Waals surface area contributed by atoms with E-state index >= 15 is 0 Å². The van der Waals surface area contributed by atoms with Gasteiger partial charge in [0.15, 0.2) is 26.2 Å². The first-order valence-electron chi connectivity index (χ1n) is 7.53. The molecule has 3 rings (SSSR count). The van der Waals surface area contributed by atoms with Crippen molar-refractivity contribution < 1.29 is 12.8 Å². The lowest BCUT2D eigenvalue weighted by atomic mass is 10.2. The fourth-order valence-electron chi connectivity index (χ4n) is 2.86. The average molecular weight is 356 g/mol. The molecule has 0 amide bonds. The van der Waals surface area contributed by atoms with Crippen molar-refractivity contribution in [3.05, 3.63) is 23.2 Å². The van der Waals surface area contributed by atoms with Gasteiger partial charge in [0, 0.05) is 12.6 Å². The Labute approximate surface area is 140 Å². The molecule has 1 saturated heterocycles. The second kappa shape index (κ2) is 6.21. The monoisotopic (exact) mass is 356 g/mol. The zero-order valence-electron chi connectivity index (χ0n) is 13.2. The molecule has 0 spiro atoms. The zero-order chi connectivity index (χ0) is 16.6. The van der Waals surface area contributed by atoms with Gasteiger partial charge >= 0.3 is 0 Å². The molecule has 0 saturated carbocycles. The molecule has 1 aliphatic rings. The summed E-state index contributed by atoms with van der Waals surface area (Å²) >= 11 is 5.50. The molecule has 9 heteroatoms. The van der Waals surface area contributed by atoms with Crippen LogP contribution in [0.5, 0.6) is 0 Å². The summed E-state index contributed by atoms with van der Waals surface area (Å²) in [6, 6.07) is 3.68. The van der Waals surface area contributed by atoms with Gasteiger partial charge in [0.1, 0.15) is 0 Å². The number of hydrogen-bond acceptors (Lipinski definition) is 6. The molecule has 0 aliphatic carbocycles. The Balaban J connectivity index is 1.85. The van der Waals surface area contributed by atoms with E-state index < -0.39 is 9.84 Å². The molecular formula is C14H20N4O3S2. The van der Waals surface area contributed by atoms with Crippen molar-refractivity contribution in [2.45, 2.75) is 32.6 Å². The first-order chi connectivity index (χ1) is 10.9. The SMILES string of the molecule is CCn1c(-c2ccco2)nn(CN(C)C2CCS(=O)(=O)C2)c1=S. The van der Waals surface area contributed by atoms with Crippen molar-refractivity contribution in [1.82, 2.24) is 19.2 Å².